The number of rotatable bonds is 8. The number of para-hydroxylation sites is 1. The van der Waals surface area contributed by atoms with E-state index in [1.807, 2.05) is 37.3 Å². The maximum absolute atomic E-state index is 12.1. The zero-order valence-electron chi connectivity index (χ0n) is 13.2. The zero-order valence-corrected chi connectivity index (χ0v) is 13.2. The largest absolute Gasteiger partial charge is 0.493 e. The van der Waals surface area contributed by atoms with Crippen molar-refractivity contribution in [2.24, 2.45) is 0 Å². The Bertz CT molecular complexity index is 653. The summed E-state index contributed by atoms with van der Waals surface area (Å²) in [5, 5.41) is 2.76. The second kappa shape index (κ2) is 8.63. The number of hydrogen-bond donors (Lipinski definition) is 1. The van der Waals surface area contributed by atoms with Crippen LogP contribution in [0.25, 0.3) is 0 Å². The summed E-state index contributed by atoms with van der Waals surface area (Å²) in [6.45, 7) is 6.84. The van der Waals surface area contributed by atoms with Gasteiger partial charge in [0, 0.05) is 17.7 Å². The number of carbonyl (C=O) groups is 1. The summed E-state index contributed by atoms with van der Waals surface area (Å²) >= 11 is 0. The van der Waals surface area contributed by atoms with Gasteiger partial charge in [-0.05, 0) is 37.3 Å². The van der Waals surface area contributed by atoms with Crippen molar-refractivity contribution >= 4 is 5.91 Å². The van der Waals surface area contributed by atoms with Crippen LogP contribution < -0.4 is 14.8 Å². The molecule has 2 aromatic carbocycles. The molecule has 0 bridgehead atoms. The van der Waals surface area contributed by atoms with Gasteiger partial charge in [0.05, 0.1) is 6.61 Å². The summed E-state index contributed by atoms with van der Waals surface area (Å²) in [5.41, 5.74) is 1.41. The third-order valence-corrected chi connectivity index (χ3v) is 3.17. The predicted octanol–water partition coefficient (Wildman–Crippen LogP) is 3.58. The summed E-state index contributed by atoms with van der Waals surface area (Å²) in [7, 11) is 0. The number of amides is 1. The van der Waals surface area contributed by atoms with Gasteiger partial charge in [0.25, 0.3) is 5.91 Å². The number of ether oxygens (including phenoxy) is 2. The van der Waals surface area contributed by atoms with E-state index in [1.54, 1.807) is 24.3 Å². The first-order valence-corrected chi connectivity index (χ1v) is 7.57. The van der Waals surface area contributed by atoms with Crippen LogP contribution >= 0.6 is 0 Å². The molecule has 0 unspecified atom stereocenters. The molecule has 0 aliphatic carbocycles. The SMILES string of the molecule is C=CCNC(=O)c1ccc(OCC)c(COc2ccccc2)c1. The smallest absolute Gasteiger partial charge is 0.251 e. The van der Waals surface area contributed by atoms with Crippen LogP contribution in [0.3, 0.4) is 0 Å². The Balaban J connectivity index is 2.16. The number of benzene rings is 2. The molecule has 0 aromatic heterocycles. The summed E-state index contributed by atoms with van der Waals surface area (Å²) in [4.78, 5) is 12.1. The summed E-state index contributed by atoms with van der Waals surface area (Å²) in [5.74, 6) is 1.36. The van der Waals surface area contributed by atoms with Crippen molar-refractivity contribution in [3.8, 4) is 11.5 Å². The highest BCUT2D eigenvalue weighted by atomic mass is 16.5. The molecule has 0 saturated carbocycles. The van der Waals surface area contributed by atoms with E-state index in [0.717, 1.165) is 17.1 Å². The lowest BCUT2D eigenvalue weighted by Gasteiger charge is -2.13. The molecule has 1 N–H and O–H groups in total. The van der Waals surface area contributed by atoms with Crippen molar-refractivity contribution in [1.82, 2.24) is 5.32 Å². The molecular formula is C19H21NO3. The van der Waals surface area contributed by atoms with Crippen LogP contribution in [0.2, 0.25) is 0 Å². The second-order valence-corrected chi connectivity index (χ2v) is 4.86. The molecule has 4 heteroatoms. The van der Waals surface area contributed by atoms with Crippen molar-refractivity contribution in [3.05, 3.63) is 72.3 Å². The molecule has 0 aliphatic heterocycles. The van der Waals surface area contributed by atoms with E-state index in [4.69, 9.17) is 9.47 Å². The van der Waals surface area contributed by atoms with Gasteiger partial charge in [0.1, 0.15) is 18.1 Å². The molecule has 23 heavy (non-hydrogen) atoms. The van der Waals surface area contributed by atoms with Gasteiger partial charge in [0.15, 0.2) is 0 Å². The van der Waals surface area contributed by atoms with E-state index in [2.05, 4.69) is 11.9 Å². The summed E-state index contributed by atoms with van der Waals surface area (Å²) in [6, 6.07) is 14.9. The maximum atomic E-state index is 12.1. The monoisotopic (exact) mass is 311 g/mol. The molecule has 2 aromatic rings. The average molecular weight is 311 g/mol. The molecule has 0 saturated heterocycles. The van der Waals surface area contributed by atoms with Crippen molar-refractivity contribution < 1.29 is 14.3 Å². The molecule has 0 spiro atoms. The van der Waals surface area contributed by atoms with E-state index in [0.29, 0.717) is 25.3 Å². The van der Waals surface area contributed by atoms with Gasteiger partial charge < -0.3 is 14.8 Å². The zero-order chi connectivity index (χ0) is 16.5. The fraction of sp³-hybridized carbons (Fsp3) is 0.211. The quantitative estimate of drug-likeness (QED) is 0.758. The van der Waals surface area contributed by atoms with Crippen molar-refractivity contribution in [2.45, 2.75) is 13.5 Å². The number of nitrogens with one attached hydrogen (secondary N) is 1. The van der Waals surface area contributed by atoms with E-state index in [1.165, 1.54) is 0 Å². The molecule has 0 heterocycles. The Hall–Kier alpha value is -2.75. The molecule has 0 atom stereocenters. The highest BCUT2D eigenvalue weighted by Crippen LogP contribution is 2.22. The number of hydrogen-bond acceptors (Lipinski definition) is 3. The lowest BCUT2D eigenvalue weighted by Crippen LogP contribution is -2.23. The van der Waals surface area contributed by atoms with Gasteiger partial charge in [-0.1, -0.05) is 24.3 Å². The second-order valence-electron chi connectivity index (χ2n) is 4.86. The summed E-state index contributed by atoms with van der Waals surface area (Å²) in [6.07, 6.45) is 1.64. The van der Waals surface area contributed by atoms with Crippen molar-refractivity contribution in [3.63, 3.8) is 0 Å². The molecule has 0 radical (unpaired) electrons. The van der Waals surface area contributed by atoms with Crippen LogP contribution in [0.5, 0.6) is 11.5 Å². The van der Waals surface area contributed by atoms with E-state index >= 15 is 0 Å². The van der Waals surface area contributed by atoms with Crippen LogP contribution in [0, 0.1) is 0 Å². The Morgan fingerprint density at radius 1 is 1.17 bits per heavy atom. The van der Waals surface area contributed by atoms with Crippen LogP contribution in [0.4, 0.5) is 0 Å². The maximum Gasteiger partial charge on any atom is 0.251 e. The molecule has 0 fully saturated rings. The Morgan fingerprint density at radius 3 is 2.65 bits per heavy atom. The molecule has 120 valence electrons. The van der Waals surface area contributed by atoms with Crippen LogP contribution in [-0.2, 0) is 6.61 Å². The molecule has 0 aliphatic rings. The summed E-state index contributed by atoms with van der Waals surface area (Å²) < 4.78 is 11.4. The topological polar surface area (TPSA) is 47.6 Å². The predicted molar refractivity (Wildman–Crippen MR) is 90.9 cm³/mol. The Labute approximate surface area is 136 Å². The highest BCUT2D eigenvalue weighted by molar-refractivity contribution is 5.94. The van der Waals surface area contributed by atoms with E-state index in [9.17, 15) is 4.79 Å². The molecule has 1 amide bonds. The first kappa shape index (κ1) is 16.6. The van der Waals surface area contributed by atoms with E-state index < -0.39 is 0 Å². The van der Waals surface area contributed by atoms with Gasteiger partial charge in [-0.25, -0.2) is 0 Å². The lowest BCUT2D eigenvalue weighted by molar-refractivity contribution is 0.0958. The first-order chi connectivity index (χ1) is 11.2. The van der Waals surface area contributed by atoms with Crippen LogP contribution in [-0.4, -0.2) is 19.1 Å². The molecule has 4 nitrogen and oxygen atoms in total. The van der Waals surface area contributed by atoms with Crippen molar-refractivity contribution in [1.29, 1.82) is 0 Å². The van der Waals surface area contributed by atoms with Crippen LogP contribution in [0.15, 0.2) is 61.2 Å². The Morgan fingerprint density at radius 2 is 1.96 bits per heavy atom. The standard InChI is InChI=1S/C19H21NO3/c1-3-12-20-19(21)15-10-11-18(22-4-2)16(13-15)14-23-17-8-6-5-7-9-17/h3,5-11,13H,1,4,12,14H2,2H3,(H,20,21). The van der Waals surface area contributed by atoms with Gasteiger partial charge in [0.2, 0.25) is 0 Å². The third kappa shape index (κ3) is 4.88. The normalized spacial score (nSPS) is 9.96. The minimum absolute atomic E-state index is 0.145. The fourth-order valence-electron chi connectivity index (χ4n) is 2.07. The minimum Gasteiger partial charge on any atom is -0.493 e. The van der Waals surface area contributed by atoms with Crippen LogP contribution in [0.1, 0.15) is 22.8 Å². The van der Waals surface area contributed by atoms with Gasteiger partial charge in [-0.15, -0.1) is 6.58 Å². The highest BCUT2D eigenvalue weighted by Gasteiger charge is 2.11. The van der Waals surface area contributed by atoms with Gasteiger partial charge in [-0.2, -0.15) is 0 Å². The fourth-order valence-corrected chi connectivity index (χ4v) is 2.07. The van der Waals surface area contributed by atoms with E-state index in [-0.39, 0.29) is 5.91 Å². The average Bonchev–Trinajstić information content (AvgIpc) is 2.60. The molecular weight excluding hydrogens is 290 g/mol. The Kier molecular flexibility index (Phi) is 6.24. The third-order valence-electron chi connectivity index (χ3n) is 3.17. The minimum atomic E-state index is -0.145. The number of carbonyl (C=O) groups excluding carboxylic acids is 1. The molecule has 2 rings (SSSR count). The first-order valence-electron chi connectivity index (χ1n) is 7.57. The lowest BCUT2D eigenvalue weighted by atomic mass is 10.1. The van der Waals surface area contributed by atoms with Gasteiger partial charge in [-0.3, -0.25) is 4.79 Å². The van der Waals surface area contributed by atoms with Gasteiger partial charge >= 0.3 is 0 Å². The van der Waals surface area contributed by atoms with Crippen molar-refractivity contribution in [2.75, 3.05) is 13.2 Å².